The zero-order chi connectivity index (χ0) is 9.54. The van der Waals surface area contributed by atoms with Crippen LogP contribution in [-0.2, 0) is 0 Å². The van der Waals surface area contributed by atoms with Gasteiger partial charge in [0.15, 0.2) is 0 Å². The van der Waals surface area contributed by atoms with Gasteiger partial charge in [-0.1, -0.05) is 18.2 Å². The number of phenolic OH excluding ortho intramolecular Hbond substituents is 1. The first-order valence-corrected chi connectivity index (χ1v) is 5.18. The molecule has 0 unspecified atom stereocenters. The molecule has 0 saturated heterocycles. The smallest absolute Gasteiger partial charge is 0.124 e. The summed E-state index contributed by atoms with van der Waals surface area (Å²) in [5.74, 6) is 0.209. The SMILES string of the molecule is Oc1[c]cc2sc3ccccc3c2c1. The van der Waals surface area contributed by atoms with Crippen molar-refractivity contribution >= 4 is 31.5 Å². The van der Waals surface area contributed by atoms with E-state index < -0.39 is 0 Å². The average Bonchev–Trinajstić information content (AvgIpc) is 2.56. The molecular weight excluding hydrogens is 192 g/mol. The molecule has 14 heavy (non-hydrogen) atoms. The normalized spacial score (nSPS) is 11.1. The van der Waals surface area contributed by atoms with Crippen LogP contribution in [0.4, 0.5) is 0 Å². The molecule has 2 aromatic carbocycles. The molecular formula is C12H7OS. The molecule has 0 atom stereocenters. The van der Waals surface area contributed by atoms with Crippen LogP contribution in [0.3, 0.4) is 0 Å². The highest BCUT2D eigenvalue weighted by atomic mass is 32.1. The van der Waals surface area contributed by atoms with Gasteiger partial charge in [0, 0.05) is 26.2 Å². The summed E-state index contributed by atoms with van der Waals surface area (Å²) in [6.45, 7) is 0. The largest absolute Gasteiger partial charge is 0.507 e. The first-order valence-electron chi connectivity index (χ1n) is 4.36. The second-order valence-electron chi connectivity index (χ2n) is 3.19. The van der Waals surface area contributed by atoms with E-state index in [2.05, 4.69) is 18.2 Å². The quantitative estimate of drug-likeness (QED) is 0.587. The monoisotopic (exact) mass is 199 g/mol. The molecule has 0 aliphatic heterocycles. The number of hydrogen-bond donors (Lipinski definition) is 1. The van der Waals surface area contributed by atoms with E-state index in [1.165, 1.54) is 14.8 Å². The van der Waals surface area contributed by atoms with E-state index in [0.717, 1.165) is 5.39 Å². The van der Waals surface area contributed by atoms with Crippen LogP contribution in [0, 0.1) is 6.07 Å². The Bertz CT molecular complexity index is 610. The van der Waals surface area contributed by atoms with Crippen molar-refractivity contribution in [1.82, 2.24) is 0 Å². The summed E-state index contributed by atoms with van der Waals surface area (Å²) in [7, 11) is 0. The second-order valence-corrected chi connectivity index (χ2v) is 4.28. The number of thiophene rings is 1. The molecule has 1 nitrogen and oxygen atoms in total. The van der Waals surface area contributed by atoms with Gasteiger partial charge in [-0.15, -0.1) is 11.3 Å². The standard InChI is InChI=1S/C12H7OS/c13-8-5-6-12-10(7-8)9-3-1-2-4-11(9)14-12/h1-4,6-7,13H. The topological polar surface area (TPSA) is 20.2 Å². The van der Waals surface area contributed by atoms with E-state index in [-0.39, 0.29) is 5.75 Å². The Labute approximate surface area is 85.2 Å². The van der Waals surface area contributed by atoms with Crippen molar-refractivity contribution in [3.05, 3.63) is 42.5 Å². The second kappa shape index (κ2) is 2.72. The molecule has 1 aromatic heterocycles. The van der Waals surface area contributed by atoms with Gasteiger partial charge in [0.25, 0.3) is 0 Å². The van der Waals surface area contributed by atoms with Crippen LogP contribution in [-0.4, -0.2) is 5.11 Å². The zero-order valence-electron chi connectivity index (χ0n) is 7.32. The molecule has 0 bridgehead atoms. The van der Waals surface area contributed by atoms with E-state index in [0.29, 0.717) is 0 Å². The van der Waals surface area contributed by atoms with Crippen molar-refractivity contribution in [1.29, 1.82) is 0 Å². The molecule has 0 fully saturated rings. The maximum absolute atomic E-state index is 9.36. The summed E-state index contributed by atoms with van der Waals surface area (Å²) < 4.78 is 2.42. The number of fused-ring (bicyclic) bond motifs is 3. The fraction of sp³-hybridized carbons (Fsp3) is 0. The Morgan fingerprint density at radius 3 is 2.86 bits per heavy atom. The number of phenols is 1. The Balaban J connectivity index is 2.58. The molecule has 1 radical (unpaired) electrons. The summed E-state index contributed by atoms with van der Waals surface area (Å²) >= 11 is 1.73. The molecule has 2 heteroatoms. The lowest BCUT2D eigenvalue weighted by atomic mass is 10.1. The van der Waals surface area contributed by atoms with Gasteiger partial charge in [-0.3, -0.25) is 0 Å². The minimum atomic E-state index is 0.209. The van der Waals surface area contributed by atoms with E-state index in [4.69, 9.17) is 0 Å². The first kappa shape index (κ1) is 7.83. The number of hydrogen-bond acceptors (Lipinski definition) is 2. The average molecular weight is 199 g/mol. The lowest BCUT2D eigenvalue weighted by molar-refractivity contribution is 0.475. The predicted molar refractivity (Wildman–Crippen MR) is 59.8 cm³/mol. The summed E-state index contributed by atoms with van der Waals surface area (Å²) in [6, 6.07) is 14.6. The van der Waals surface area contributed by atoms with Crippen LogP contribution in [0.15, 0.2) is 36.4 Å². The highest BCUT2D eigenvalue weighted by Gasteiger charge is 2.04. The van der Waals surface area contributed by atoms with Gasteiger partial charge < -0.3 is 5.11 Å². The minimum absolute atomic E-state index is 0.209. The third kappa shape index (κ3) is 1.01. The Hall–Kier alpha value is -1.54. The van der Waals surface area contributed by atoms with Crippen molar-refractivity contribution < 1.29 is 5.11 Å². The van der Waals surface area contributed by atoms with Crippen LogP contribution < -0.4 is 0 Å². The van der Waals surface area contributed by atoms with Crippen LogP contribution in [0.5, 0.6) is 5.75 Å². The number of rotatable bonds is 0. The lowest BCUT2D eigenvalue weighted by Gasteiger charge is -1.91. The molecule has 3 rings (SSSR count). The number of aromatic hydroxyl groups is 1. The van der Waals surface area contributed by atoms with E-state index >= 15 is 0 Å². The van der Waals surface area contributed by atoms with E-state index in [9.17, 15) is 5.11 Å². The van der Waals surface area contributed by atoms with Crippen molar-refractivity contribution in [3.63, 3.8) is 0 Å². The van der Waals surface area contributed by atoms with Crippen LogP contribution in [0.25, 0.3) is 20.2 Å². The molecule has 3 aromatic rings. The molecule has 1 N–H and O–H groups in total. The third-order valence-electron chi connectivity index (χ3n) is 2.29. The molecule has 1 heterocycles. The van der Waals surface area contributed by atoms with Crippen molar-refractivity contribution in [3.8, 4) is 5.75 Å². The van der Waals surface area contributed by atoms with Gasteiger partial charge in [-0.2, -0.15) is 0 Å². The maximum Gasteiger partial charge on any atom is 0.124 e. The molecule has 0 aliphatic rings. The van der Waals surface area contributed by atoms with Crippen LogP contribution >= 0.6 is 11.3 Å². The first-order chi connectivity index (χ1) is 6.84. The Morgan fingerprint density at radius 2 is 1.93 bits per heavy atom. The van der Waals surface area contributed by atoms with E-state index in [1.807, 2.05) is 18.2 Å². The van der Waals surface area contributed by atoms with Gasteiger partial charge in [-0.05, 0) is 18.2 Å². The van der Waals surface area contributed by atoms with Gasteiger partial charge in [0.1, 0.15) is 5.75 Å². The predicted octanol–water partition coefficient (Wildman–Crippen LogP) is 3.56. The van der Waals surface area contributed by atoms with E-state index in [1.54, 1.807) is 17.4 Å². The fourth-order valence-corrected chi connectivity index (χ4v) is 2.73. The summed E-state index contributed by atoms with van der Waals surface area (Å²) in [5, 5.41) is 11.7. The lowest BCUT2D eigenvalue weighted by Crippen LogP contribution is -1.66. The molecule has 0 amide bonds. The molecule has 67 valence electrons. The highest BCUT2D eigenvalue weighted by molar-refractivity contribution is 7.25. The van der Waals surface area contributed by atoms with Gasteiger partial charge in [0.05, 0.1) is 0 Å². The number of benzene rings is 2. The van der Waals surface area contributed by atoms with Crippen molar-refractivity contribution in [2.24, 2.45) is 0 Å². The third-order valence-corrected chi connectivity index (χ3v) is 3.43. The molecule has 0 spiro atoms. The minimum Gasteiger partial charge on any atom is -0.507 e. The van der Waals surface area contributed by atoms with Gasteiger partial charge in [-0.25, -0.2) is 0 Å². The van der Waals surface area contributed by atoms with Crippen molar-refractivity contribution in [2.45, 2.75) is 0 Å². The maximum atomic E-state index is 9.36. The van der Waals surface area contributed by atoms with Crippen molar-refractivity contribution in [2.75, 3.05) is 0 Å². The van der Waals surface area contributed by atoms with Gasteiger partial charge in [0.2, 0.25) is 0 Å². The van der Waals surface area contributed by atoms with Crippen LogP contribution in [0.1, 0.15) is 0 Å². The highest BCUT2D eigenvalue weighted by Crippen LogP contribution is 2.34. The molecule has 0 aliphatic carbocycles. The fourth-order valence-electron chi connectivity index (χ4n) is 1.66. The Morgan fingerprint density at radius 1 is 1.07 bits per heavy atom. The molecule has 0 saturated carbocycles. The Kier molecular flexibility index (Phi) is 1.52. The van der Waals surface area contributed by atoms with Gasteiger partial charge >= 0.3 is 0 Å². The summed E-state index contributed by atoms with van der Waals surface area (Å²) in [4.78, 5) is 0. The summed E-state index contributed by atoms with van der Waals surface area (Å²) in [6.07, 6.45) is 0. The zero-order valence-corrected chi connectivity index (χ0v) is 8.14. The summed E-state index contributed by atoms with van der Waals surface area (Å²) in [5.41, 5.74) is 0. The van der Waals surface area contributed by atoms with Crippen LogP contribution in [0.2, 0.25) is 0 Å².